The van der Waals surface area contributed by atoms with Crippen molar-refractivity contribution in [1.29, 1.82) is 5.26 Å². The number of hydrogen-bond donors (Lipinski definition) is 1. The molecule has 0 radical (unpaired) electrons. The van der Waals surface area contributed by atoms with Gasteiger partial charge < -0.3 is 15.2 Å². The lowest BCUT2D eigenvalue weighted by molar-refractivity contribution is -0.139. The molecule has 0 spiro atoms. The van der Waals surface area contributed by atoms with Crippen LogP contribution in [0.4, 0.5) is 5.69 Å². The van der Waals surface area contributed by atoms with Crippen LogP contribution in [0.1, 0.15) is 11.5 Å². The molecular weight excluding hydrogens is 446 g/mol. The molecule has 1 aliphatic rings. The third kappa shape index (κ3) is 4.13. The fourth-order valence-corrected chi connectivity index (χ4v) is 4.15. The van der Waals surface area contributed by atoms with Crippen LogP contribution in [0.15, 0.2) is 89.7 Å². The summed E-state index contributed by atoms with van der Waals surface area (Å²) in [5.41, 5.74) is 9.35. The predicted molar refractivity (Wildman–Crippen MR) is 128 cm³/mol. The number of carbonyl (C=O) groups is 2. The Balaban J connectivity index is 1.95. The van der Waals surface area contributed by atoms with Gasteiger partial charge in [0.25, 0.3) is 0 Å². The molecule has 9 nitrogen and oxygen atoms in total. The van der Waals surface area contributed by atoms with E-state index >= 15 is 0 Å². The van der Waals surface area contributed by atoms with Gasteiger partial charge in [-0.05, 0) is 23.3 Å². The smallest absolute Gasteiger partial charge is 0.355 e. The molecule has 0 saturated heterocycles. The van der Waals surface area contributed by atoms with Gasteiger partial charge in [0.1, 0.15) is 11.5 Å². The average Bonchev–Trinajstić information content (AvgIpc) is 3.33. The molecule has 4 rings (SSSR count). The molecule has 1 aliphatic heterocycles. The van der Waals surface area contributed by atoms with Crippen LogP contribution in [0.3, 0.4) is 0 Å². The highest BCUT2D eigenvalue weighted by molar-refractivity contribution is 6.06. The molecule has 2 heterocycles. The number of allylic oxidation sites excluding steroid dienone is 1. The second-order valence-electron chi connectivity index (χ2n) is 7.78. The van der Waals surface area contributed by atoms with Gasteiger partial charge in [-0.15, -0.1) is 0 Å². The van der Waals surface area contributed by atoms with E-state index in [1.54, 1.807) is 47.3 Å². The zero-order chi connectivity index (χ0) is 25.1. The largest absolute Gasteiger partial charge is 0.466 e. The van der Waals surface area contributed by atoms with Crippen LogP contribution in [-0.2, 0) is 26.1 Å². The Labute approximate surface area is 202 Å². The lowest BCUT2D eigenvalue weighted by atomic mass is 9.81. The molecule has 0 saturated carbocycles. The van der Waals surface area contributed by atoms with Crippen molar-refractivity contribution in [3.63, 3.8) is 0 Å². The molecule has 0 fully saturated rings. The maximum Gasteiger partial charge on any atom is 0.355 e. The van der Waals surface area contributed by atoms with Gasteiger partial charge in [0.2, 0.25) is 0 Å². The standard InChI is InChI=1S/C26H23N5O4/c1-30-15-18(14-29-30)16-9-11-19(12-10-16)31-23(26(33)35-3)22(25(32)34-2)21(20(13-27)24(31)28)17-7-5-4-6-8-17/h4-12,14-15,21H,28H2,1-3H3. The van der Waals surface area contributed by atoms with E-state index in [0.29, 0.717) is 11.3 Å². The number of nitriles is 1. The highest BCUT2D eigenvalue weighted by atomic mass is 16.5. The topological polar surface area (TPSA) is 123 Å². The van der Waals surface area contributed by atoms with Crippen molar-refractivity contribution in [3.05, 3.63) is 95.2 Å². The third-order valence-electron chi connectivity index (χ3n) is 5.77. The highest BCUT2D eigenvalue weighted by Gasteiger charge is 2.42. The van der Waals surface area contributed by atoms with Crippen LogP contribution in [0.2, 0.25) is 0 Å². The molecular formula is C26H23N5O4. The van der Waals surface area contributed by atoms with Crippen LogP contribution in [0.5, 0.6) is 0 Å². The number of methoxy groups -OCH3 is 2. The number of carbonyl (C=O) groups excluding carboxylic acids is 2. The third-order valence-corrected chi connectivity index (χ3v) is 5.77. The number of aryl methyl sites for hydroxylation is 1. The molecule has 1 aromatic heterocycles. The Morgan fingerprint density at radius 1 is 1.00 bits per heavy atom. The number of anilines is 1. The average molecular weight is 470 g/mol. The number of esters is 2. The summed E-state index contributed by atoms with van der Waals surface area (Å²) < 4.78 is 11.8. The maximum atomic E-state index is 13.1. The number of nitrogens with two attached hydrogens (primary N) is 1. The zero-order valence-electron chi connectivity index (χ0n) is 19.4. The first-order valence-electron chi connectivity index (χ1n) is 10.7. The monoisotopic (exact) mass is 469 g/mol. The summed E-state index contributed by atoms with van der Waals surface area (Å²) in [6.45, 7) is 0. The SMILES string of the molecule is COC(=O)C1=C(C(=O)OC)N(c2ccc(-c3cnn(C)c3)cc2)C(N)=C(C#N)C1c1ccccc1. The second kappa shape index (κ2) is 9.57. The lowest BCUT2D eigenvalue weighted by Crippen LogP contribution is -2.40. The highest BCUT2D eigenvalue weighted by Crippen LogP contribution is 2.43. The number of ether oxygens (including phenoxy) is 2. The first-order valence-corrected chi connectivity index (χ1v) is 10.7. The van der Waals surface area contributed by atoms with Gasteiger partial charge >= 0.3 is 11.9 Å². The summed E-state index contributed by atoms with van der Waals surface area (Å²) in [6, 6.07) is 18.2. The molecule has 2 N–H and O–H groups in total. The van der Waals surface area contributed by atoms with E-state index in [4.69, 9.17) is 15.2 Å². The Morgan fingerprint density at radius 2 is 1.66 bits per heavy atom. The number of nitrogens with zero attached hydrogens (tertiary/aromatic N) is 4. The minimum absolute atomic E-state index is 0.0172. The first kappa shape index (κ1) is 23.3. The van der Waals surface area contributed by atoms with Crippen molar-refractivity contribution in [2.24, 2.45) is 12.8 Å². The molecule has 1 unspecified atom stereocenters. The fourth-order valence-electron chi connectivity index (χ4n) is 4.15. The van der Waals surface area contributed by atoms with E-state index < -0.39 is 17.9 Å². The summed E-state index contributed by atoms with van der Waals surface area (Å²) in [7, 11) is 4.25. The minimum atomic E-state index is -0.909. The second-order valence-corrected chi connectivity index (χ2v) is 7.78. The van der Waals surface area contributed by atoms with E-state index in [1.165, 1.54) is 19.1 Å². The molecule has 35 heavy (non-hydrogen) atoms. The van der Waals surface area contributed by atoms with Crippen molar-refractivity contribution in [2.75, 3.05) is 19.1 Å². The zero-order valence-corrected chi connectivity index (χ0v) is 19.4. The Hall–Kier alpha value is -4.84. The number of hydrogen-bond acceptors (Lipinski definition) is 8. The summed E-state index contributed by atoms with van der Waals surface area (Å²) >= 11 is 0. The normalized spacial score (nSPS) is 15.6. The maximum absolute atomic E-state index is 13.1. The molecule has 0 bridgehead atoms. The van der Waals surface area contributed by atoms with Crippen LogP contribution in [0.25, 0.3) is 11.1 Å². The van der Waals surface area contributed by atoms with Gasteiger partial charge in [0.15, 0.2) is 0 Å². The van der Waals surface area contributed by atoms with Gasteiger partial charge in [-0.3, -0.25) is 9.58 Å². The van der Waals surface area contributed by atoms with Crippen LogP contribution in [0, 0.1) is 11.3 Å². The quantitative estimate of drug-likeness (QED) is 0.566. The molecule has 3 aromatic rings. The predicted octanol–water partition coefficient (Wildman–Crippen LogP) is 2.98. The Bertz CT molecular complexity index is 1380. The van der Waals surface area contributed by atoms with Crippen molar-refractivity contribution in [3.8, 4) is 17.2 Å². The molecule has 0 aliphatic carbocycles. The van der Waals surface area contributed by atoms with E-state index in [0.717, 1.165) is 11.1 Å². The molecule has 9 heteroatoms. The first-order chi connectivity index (χ1) is 16.9. The van der Waals surface area contributed by atoms with E-state index in [1.807, 2.05) is 31.4 Å². The number of aromatic nitrogens is 2. The number of benzene rings is 2. The van der Waals surface area contributed by atoms with Crippen LogP contribution < -0.4 is 10.6 Å². The summed E-state index contributed by atoms with van der Waals surface area (Å²) in [5.74, 6) is -2.45. The van der Waals surface area contributed by atoms with Crippen LogP contribution in [-0.4, -0.2) is 35.9 Å². The van der Waals surface area contributed by atoms with Gasteiger partial charge in [-0.25, -0.2) is 9.59 Å². The Kier molecular flexibility index (Phi) is 6.38. The Morgan fingerprint density at radius 3 is 2.20 bits per heavy atom. The van der Waals surface area contributed by atoms with E-state index in [-0.39, 0.29) is 22.7 Å². The molecule has 2 aromatic carbocycles. The molecule has 0 amide bonds. The molecule has 176 valence electrons. The number of rotatable bonds is 5. The molecule has 1 atom stereocenters. The summed E-state index contributed by atoms with van der Waals surface area (Å²) in [5, 5.41) is 14.3. The lowest BCUT2D eigenvalue weighted by Gasteiger charge is -2.35. The van der Waals surface area contributed by atoms with E-state index in [9.17, 15) is 14.9 Å². The van der Waals surface area contributed by atoms with Crippen molar-refractivity contribution in [2.45, 2.75) is 5.92 Å². The van der Waals surface area contributed by atoms with Crippen LogP contribution >= 0.6 is 0 Å². The fraction of sp³-hybridized carbons (Fsp3) is 0.154. The van der Waals surface area contributed by atoms with Gasteiger partial charge in [-0.2, -0.15) is 10.4 Å². The van der Waals surface area contributed by atoms with Gasteiger partial charge in [0, 0.05) is 24.5 Å². The van der Waals surface area contributed by atoms with Crippen molar-refractivity contribution < 1.29 is 19.1 Å². The minimum Gasteiger partial charge on any atom is -0.466 e. The van der Waals surface area contributed by atoms with Crippen molar-refractivity contribution in [1.82, 2.24) is 9.78 Å². The summed E-state index contributed by atoms with van der Waals surface area (Å²) in [6.07, 6.45) is 3.61. The van der Waals surface area contributed by atoms with Gasteiger partial charge in [0.05, 0.1) is 43.5 Å². The summed E-state index contributed by atoms with van der Waals surface area (Å²) in [4.78, 5) is 27.5. The van der Waals surface area contributed by atoms with Crippen molar-refractivity contribution >= 4 is 17.6 Å². The van der Waals surface area contributed by atoms with E-state index in [2.05, 4.69) is 11.2 Å². The van der Waals surface area contributed by atoms with Gasteiger partial charge in [-0.1, -0.05) is 42.5 Å².